The van der Waals surface area contributed by atoms with Gasteiger partial charge in [-0.1, -0.05) is 30.3 Å². The van der Waals surface area contributed by atoms with Gasteiger partial charge in [-0.25, -0.2) is 0 Å². The first-order chi connectivity index (χ1) is 8.28. The van der Waals surface area contributed by atoms with E-state index >= 15 is 0 Å². The molecule has 2 aromatic rings. The average Bonchev–Trinajstić information content (AvgIpc) is 2.39. The van der Waals surface area contributed by atoms with E-state index < -0.39 is 0 Å². The summed E-state index contributed by atoms with van der Waals surface area (Å²) in [5.74, 6) is 0.844. The lowest BCUT2D eigenvalue weighted by Crippen LogP contribution is -1.98. The van der Waals surface area contributed by atoms with Crippen molar-refractivity contribution in [3.8, 4) is 5.75 Å². The number of benzene rings is 2. The van der Waals surface area contributed by atoms with Gasteiger partial charge >= 0.3 is 0 Å². The Kier molecular flexibility index (Phi) is 3.28. The monoisotopic (exact) mass is 229 g/mol. The van der Waals surface area contributed by atoms with Crippen LogP contribution in [0.4, 0.5) is 0 Å². The van der Waals surface area contributed by atoms with E-state index in [0.29, 0.717) is 12.1 Å². The van der Waals surface area contributed by atoms with Crippen molar-refractivity contribution in [3.63, 3.8) is 0 Å². The third-order valence-electron chi connectivity index (χ3n) is 2.84. The molecule has 0 saturated carbocycles. The molecule has 0 heterocycles. The molecule has 0 unspecified atom stereocenters. The zero-order chi connectivity index (χ0) is 12.3. The lowest BCUT2D eigenvalue weighted by molar-refractivity contribution is 0.318. The van der Waals surface area contributed by atoms with Crippen LogP contribution in [0.3, 0.4) is 0 Å². The van der Waals surface area contributed by atoms with Crippen molar-refractivity contribution in [1.82, 2.24) is 0 Å². The van der Waals surface area contributed by atoms with Crippen LogP contribution in [-0.4, -0.2) is 18.0 Å². The summed E-state index contributed by atoms with van der Waals surface area (Å²) in [5.41, 5.74) is 1.65. The predicted molar refractivity (Wildman–Crippen MR) is 69.1 cm³/mol. The number of rotatable bonds is 3. The molecule has 0 radical (unpaired) electrons. The predicted octanol–water partition coefficient (Wildman–Crippen LogP) is 3.44. The highest BCUT2D eigenvalue weighted by molar-refractivity contribution is 6.03. The van der Waals surface area contributed by atoms with Crippen molar-refractivity contribution in [3.05, 3.63) is 42.0 Å². The van der Waals surface area contributed by atoms with Crippen molar-refractivity contribution in [1.29, 1.82) is 0 Å². The molecule has 0 spiro atoms. The summed E-state index contributed by atoms with van der Waals surface area (Å²) in [4.78, 5) is 0. The number of fused-ring (bicyclic) bond motifs is 1. The van der Waals surface area contributed by atoms with Crippen molar-refractivity contribution >= 4 is 16.5 Å². The first-order valence-electron chi connectivity index (χ1n) is 5.57. The Labute approximate surface area is 100 Å². The van der Waals surface area contributed by atoms with Gasteiger partial charge in [-0.3, -0.25) is 0 Å². The summed E-state index contributed by atoms with van der Waals surface area (Å²) in [7, 11) is 1.66. The molecule has 0 aliphatic heterocycles. The van der Waals surface area contributed by atoms with Crippen molar-refractivity contribution in [2.45, 2.75) is 13.3 Å². The maximum absolute atomic E-state index is 8.90. The van der Waals surface area contributed by atoms with Gasteiger partial charge in [0.2, 0.25) is 0 Å². The Hall–Kier alpha value is -2.03. The Bertz CT molecular complexity index is 561. The Morgan fingerprint density at radius 2 is 1.88 bits per heavy atom. The van der Waals surface area contributed by atoms with E-state index in [1.165, 1.54) is 0 Å². The summed E-state index contributed by atoms with van der Waals surface area (Å²) in [6, 6.07) is 11.9. The van der Waals surface area contributed by atoms with E-state index in [1.807, 2.05) is 43.3 Å². The summed E-state index contributed by atoms with van der Waals surface area (Å²) in [6.45, 7) is 1.97. The molecule has 88 valence electrons. The van der Waals surface area contributed by atoms with E-state index in [1.54, 1.807) is 7.11 Å². The molecule has 2 rings (SSSR count). The molecule has 0 aromatic heterocycles. The second-order valence-corrected chi connectivity index (χ2v) is 3.83. The molecule has 1 N–H and O–H groups in total. The standard InChI is InChI=1S/C14H15NO2/c1-3-14(15-16)12-5-4-11-9-13(17-2)7-6-10(11)8-12/h4-9,16H,3H2,1-2H3/b15-14-. The highest BCUT2D eigenvalue weighted by Crippen LogP contribution is 2.22. The first-order valence-corrected chi connectivity index (χ1v) is 5.57. The SMILES string of the molecule is CC/C(=N/O)c1ccc2cc(OC)ccc2c1. The molecular formula is C14H15NO2. The summed E-state index contributed by atoms with van der Waals surface area (Å²) >= 11 is 0. The fourth-order valence-corrected chi connectivity index (χ4v) is 1.86. The van der Waals surface area contributed by atoms with Gasteiger partial charge in [0.05, 0.1) is 12.8 Å². The van der Waals surface area contributed by atoms with Gasteiger partial charge in [-0.2, -0.15) is 0 Å². The highest BCUT2D eigenvalue weighted by Gasteiger charge is 2.03. The number of ether oxygens (including phenoxy) is 1. The zero-order valence-electron chi connectivity index (χ0n) is 9.97. The van der Waals surface area contributed by atoms with Crippen LogP contribution in [-0.2, 0) is 0 Å². The molecule has 0 bridgehead atoms. The molecule has 0 aliphatic carbocycles. The topological polar surface area (TPSA) is 41.8 Å². The summed E-state index contributed by atoms with van der Waals surface area (Å²) in [6.07, 6.45) is 0.707. The van der Waals surface area contributed by atoms with E-state index in [0.717, 1.165) is 22.1 Å². The molecular weight excluding hydrogens is 214 g/mol. The van der Waals surface area contributed by atoms with Crippen LogP contribution in [0.1, 0.15) is 18.9 Å². The third-order valence-corrected chi connectivity index (χ3v) is 2.84. The maximum atomic E-state index is 8.90. The summed E-state index contributed by atoms with van der Waals surface area (Å²) < 4.78 is 5.18. The van der Waals surface area contributed by atoms with Crippen molar-refractivity contribution in [2.75, 3.05) is 7.11 Å². The number of methoxy groups -OCH3 is 1. The van der Waals surface area contributed by atoms with Crippen LogP contribution in [0, 0.1) is 0 Å². The molecule has 3 heteroatoms. The van der Waals surface area contributed by atoms with E-state index in [4.69, 9.17) is 9.94 Å². The molecule has 2 aromatic carbocycles. The van der Waals surface area contributed by atoms with Crippen LogP contribution >= 0.6 is 0 Å². The average molecular weight is 229 g/mol. The summed E-state index contributed by atoms with van der Waals surface area (Å²) in [5, 5.41) is 14.4. The fraction of sp³-hybridized carbons (Fsp3) is 0.214. The molecule has 0 amide bonds. The molecule has 0 fully saturated rings. The van der Waals surface area contributed by atoms with Crippen LogP contribution < -0.4 is 4.74 Å². The second-order valence-electron chi connectivity index (χ2n) is 3.83. The fourth-order valence-electron chi connectivity index (χ4n) is 1.86. The van der Waals surface area contributed by atoms with Gasteiger partial charge in [0.1, 0.15) is 5.75 Å². The van der Waals surface area contributed by atoms with Gasteiger partial charge in [-0.05, 0) is 41.0 Å². The Morgan fingerprint density at radius 1 is 1.18 bits per heavy atom. The van der Waals surface area contributed by atoms with Crippen LogP contribution in [0.25, 0.3) is 10.8 Å². The van der Waals surface area contributed by atoms with Gasteiger partial charge in [-0.15, -0.1) is 0 Å². The zero-order valence-corrected chi connectivity index (χ0v) is 9.97. The second kappa shape index (κ2) is 4.87. The highest BCUT2D eigenvalue weighted by atomic mass is 16.5. The largest absolute Gasteiger partial charge is 0.497 e. The minimum absolute atomic E-state index is 0.697. The normalized spacial score (nSPS) is 11.8. The number of nitrogens with zero attached hydrogens (tertiary/aromatic N) is 1. The van der Waals surface area contributed by atoms with E-state index in [9.17, 15) is 0 Å². The Morgan fingerprint density at radius 3 is 2.53 bits per heavy atom. The minimum Gasteiger partial charge on any atom is -0.497 e. The van der Waals surface area contributed by atoms with Crippen molar-refractivity contribution in [2.24, 2.45) is 5.16 Å². The molecule has 0 atom stereocenters. The van der Waals surface area contributed by atoms with Gasteiger partial charge < -0.3 is 9.94 Å². The molecule has 3 nitrogen and oxygen atoms in total. The third kappa shape index (κ3) is 2.23. The van der Waals surface area contributed by atoms with E-state index in [-0.39, 0.29) is 0 Å². The number of hydrogen-bond donors (Lipinski definition) is 1. The van der Waals surface area contributed by atoms with Gasteiger partial charge in [0, 0.05) is 0 Å². The molecule has 0 saturated heterocycles. The molecule has 17 heavy (non-hydrogen) atoms. The van der Waals surface area contributed by atoms with E-state index in [2.05, 4.69) is 5.16 Å². The lowest BCUT2D eigenvalue weighted by atomic mass is 10.0. The van der Waals surface area contributed by atoms with Crippen LogP contribution in [0.15, 0.2) is 41.6 Å². The van der Waals surface area contributed by atoms with Crippen molar-refractivity contribution < 1.29 is 9.94 Å². The minimum atomic E-state index is 0.697. The quantitative estimate of drug-likeness (QED) is 0.497. The van der Waals surface area contributed by atoms with Gasteiger partial charge in [0.15, 0.2) is 0 Å². The first kappa shape index (κ1) is 11.5. The van der Waals surface area contributed by atoms with Gasteiger partial charge in [0.25, 0.3) is 0 Å². The van der Waals surface area contributed by atoms with Crippen LogP contribution in [0.2, 0.25) is 0 Å². The number of hydrogen-bond acceptors (Lipinski definition) is 3. The molecule has 0 aliphatic rings. The maximum Gasteiger partial charge on any atom is 0.119 e. The Balaban J connectivity index is 2.52. The lowest BCUT2D eigenvalue weighted by Gasteiger charge is -2.05. The smallest absolute Gasteiger partial charge is 0.119 e. The van der Waals surface area contributed by atoms with Crippen LogP contribution in [0.5, 0.6) is 5.75 Å². The number of oxime groups is 1.